The van der Waals surface area contributed by atoms with Crippen LogP contribution in [0, 0.1) is 15.9 Å². The molecule has 2 heterocycles. The van der Waals surface area contributed by atoms with E-state index in [4.69, 9.17) is 0 Å². The third kappa shape index (κ3) is 4.45. The highest BCUT2D eigenvalue weighted by Gasteiger charge is 2.19. The van der Waals surface area contributed by atoms with Crippen LogP contribution >= 0.6 is 0 Å². The minimum Gasteiger partial charge on any atom is -0.367 e. The first-order valence-corrected chi connectivity index (χ1v) is 8.70. The molecule has 7 nitrogen and oxygen atoms in total. The van der Waals surface area contributed by atoms with Gasteiger partial charge in [-0.25, -0.2) is 9.37 Å². The SMILES string of the molecule is O=[N+]([O-])c1cccnc1NCCCN1CCN(c2ccccc2F)CC1. The van der Waals surface area contributed by atoms with E-state index in [9.17, 15) is 14.5 Å². The molecule has 1 aliphatic heterocycles. The van der Waals surface area contributed by atoms with Crippen molar-refractivity contribution in [1.82, 2.24) is 9.88 Å². The second kappa shape index (κ2) is 8.57. The largest absolute Gasteiger partial charge is 0.367 e. The number of hydrogen-bond acceptors (Lipinski definition) is 6. The van der Waals surface area contributed by atoms with Gasteiger partial charge in [-0.1, -0.05) is 12.1 Å². The van der Waals surface area contributed by atoms with E-state index in [-0.39, 0.29) is 11.5 Å². The Morgan fingerprint density at radius 1 is 1.15 bits per heavy atom. The van der Waals surface area contributed by atoms with E-state index in [0.717, 1.165) is 39.1 Å². The fraction of sp³-hybridized carbons (Fsp3) is 0.389. The van der Waals surface area contributed by atoms with Gasteiger partial charge >= 0.3 is 5.69 Å². The van der Waals surface area contributed by atoms with Crippen LogP contribution in [0.5, 0.6) is 0 Å². The van der Waals surface area contributed by atoms with Gasteiger partial charge in [-0.2, -0.15) is 0 Å². The van der Waals surface area contributed by atoms with Crippen LogP contribution in [0.4, 0.5) is 21.6 Å². The Morgan fingerprint density at radius 2 is 1.92 bits per heavy atom. The van der Waals surface area contributed by atoms with Gasteiger partial charge in [-0.05, 0) is 31.2 Å². The Balaban J connectivity index is 1.41. The second-order valence-electron chi connectivity index (χ2n) is 6.19. The number of aromatic nitrogens is 1. The minimum atomic E-state index is -0.433. The molecule has 1 aromatic heterocycles. The molecular weight excluding hydrogens is 337 g/mol. The van der Waals surface area contributed by atoms with Crippen molar-refractivity contribution >= 4 is 17.2 Å². The van der Waals surface area contributed by atoms with E-state index < -0.39 is 4.92 Å². The fourth-order valence-corrected chi connectivity index (χ4v) is 3.11. The van der Waals surface area contributed by atoms with Gasteiger partial charge in [0.15, 0.2) is 0 Å². The van der Waals surface area contributed by atoms with Gasteiger partial charge in [0, 0.05) is 45.0 Å². The molecule has 2 aromatic rings. The Hall–Kier alpha value is -2.74. The van der Waals surface area contributed by atoms with Crippen LogP contribution in [0.3, 0.4) is 0 Å². The van der Waals surface area contributed by atoms with Crippen LogP contribution in [0.2, 0.25) is 0 Å². The maximum absolute atomic E-state index is 13.9. The summed E-state index contributed by atoms with van der Waals surface area (Å²) in [4.78, 5) is 18.9. The molecule has 0 saturated carbocycles. The molecule has 8 heteroatoms. The lowest BCUT2D eigenvalue weighted by atomic mass is 10.2. The highest BCUT2D eigenvalue weighted by atomic mass is 19.1. The van der Waals surface area contributed by atoms with Crippen LogP contribution in [-0.4, -0.2) is 54.1 Å². The van der Waals surface area contributed by atoms with Crippen LogP contribution in [0.15, 0.2) is 42.6 Å². The monoisotopic (exact) mass is 359 g/mol. The quantitative estimate of drug-likeness (QED) is 0.465. The number of nitro groups is 1. The summed E-state index contributed by atoms with van der Waals surface area (Å²) in [6.45, 7) is 4.83. The summed E-state index contributed by atoms with van der Waals surface area (Å²) < 4.78 is 13.9. The standard InChI is InChI=1S/C18H22FN5O2/c19-15-5-1-2-6-16(15)23-13-11-22(12-14-23)10-4-9-21-18-17(24(25)26)7-3-8-20-18/h1-3,5-8H,4,9-14H2,(H,20,21). The number of pyridine rings is 1. The van der Waals surface area contributed by atoms with Crippen LogP contribution in [-0.2, 0) is 0 Å². The Kier molecular flexibility index (Phi) is 5.96. The average molecular weight is 359 g/mol. The number of anilines is 2. The molecular formula is C18H22FN5O2. The van der Waals surface area contributed by atoms with Gasteiger partial charge in [0.2, 0.25) is 5.82 Å². The number of nitrogens with zero attached hydrogens (tertiary/aromatic N) is 4. The number of para-hydroxylation sites is 1. The molecule has 26 heavy (non-hydrogen) atoms. The van der Waals surface area contributed by atoms with Gasteiger partial charge in [-0.15, -0.1) is 0 Å². The topological polar surface area (TPSA) is 74.5 Å². The summed E-state index contributed by atoms with van der Waals surface area (Å²) in [7, 11) is 0. The lowest BCUT2D eigenvalue weighted by Crippen LogP contribution is -2.47. The predicted molar refractivity (Wildman–Crippen MR) is 99.1 cm³/mol. The Morgan fingerprint density at radius 3 is 2.65 bits per heavy atom. The first-order valence-electron chi connectivity index (χ1n) is 8.70. The minimum absolute atomic E-state index is 0.00833. The molecule has 0 aliphatic carbocycles. The molecule has 1 saturated heterocycles. The normalized spacial score (nSPS) is 15.0. The summed E-state index contributed by atoms with van der Waals surface area (Å²) >= 11 is 0. The summed E-state index contributed by atoms with van der Waals surface area (Å²) in [5.74, 6) is 0.129. The molecule has 0 bridgehead atoms. The molecule has 3 rings (SSSR count). The van der Waals surface area contributed by atoms with Crippen LogP contribution in [0.25, 0.3) is 0 Å². The number of halogens is 1. The highest BCUT2D eigenvalue weighted by molar-refractivity contribution is 5.55. The van der Waals surface area contributed by atoms with Gasteiger partial charge in [0.05, 0.1) is 10.6 Å². The third-order valence-electron chi connectivity index (χ3n) is 4.49. The first kappa shape index (κ1) is 18.1. The summed E-state index contributed by atoms with van der Waals surface area (Å²) in [5, 5.41) is 14.0. The number of benzene rings is 1. The lowest BCUT2D eigenvalue weighted by molar-refractivity contribution is -0.384. The van der Waals surface area contributed by atoms with Gasteiger partial charge in [0.1, 0.15) is 5.82 Å². The maximum atomic E-state index is 13.9. The van der Waals surface area contributed by atoms with Gasteiger partial charge < -0.3 is 10.2 Å². The molecule has 1 aromatic carbocycles. The summed E-state index contributed by atoms with van der Waals surface area (Å²) in [5.41, 5.74) is 0.655. The fourth-order valence-electron chi connectivity index (χ4n) is 3.11. The van der Waals surface area contributed by atoms with E-state index in [1.165, 1.54) is 18.3 Å². The second-order valence-corrected chi connectivity index (χ2v) is 6.19. The molecule has 138 valence electrons. The van der Waals surface area contributed by atoms with Crippen molar-refractivity contribution in [3.05, 3.63) is 58.5 Å². The van der Waals surface area contributed by atoms with Crippen LogP contribution < -0.4 is 10.2 Å². The highest BCUT2D eigenvalue weighted by Crippen LogP contribution is 2.21. The van der Waals surface area contributed by atoms with Crippen molar-refractivity contribution in [2.24, 2.45) is 0 Å². The Bertz CT molecular complexity index is 750. The van der Waals surface area contributed by atoms with E-state index in [1.54, 1.807) is 12.1 Å². The van der Waals surface area contributed by atoms with E-state index >= 15 is 0 Å². The zero-order chi connectivity index (χ0) is 18.4. The van der Waals surface area contributed by atoms with Crippen molar-refractivity contribution in [2.75, 3.05) is 49.5 Å². The average Bonchev–Trinajstić information content (AvgIpc) is 2.66. The molecule has 0 unspecified atom stereocenters. The van der Waals surface area contributed by atoms with Crippen molar-refractivity contribution in [1.29, 1.82) is 0 Å². The molecule has 0 amide bonds. The molecule has 1 fully saturated rings. The smallest absolute Gasteiger partial charge is 0.311 e. The van der Waals surface area contributed by atoms with Gasteiger partial charge in [0.25, 0.3) is 0 Å². The number of piperazine rings is 1. The van der Waals surface area contributed by atoms with Gasteiger partial charge in [-0.3, -0.25) is 15.0 Å². The van der Waals surface area contributed by atoms with E-state index in [1.807, 2.05) is 12.1 Å². The van der Waals surface area contributed by atoms with E-state index in [2.05, 4.69) is 20.1 Å². The first-order chi connectivity index (χ1) is 12.6. The third-order valence-corrected chi connectivity index (χ3v) is 4.49. The van der Waals surface area contributed by atoms with Crippen molar-refractivity contribution in [2.45, 2.75) is 6.42 Å². The predicted octanol–water partition coefficient (Wildman–Crippen LogP) is 2.75. The lowest BCUT2D eigenvalue weighted by Gasteiger charge is -2.36. The molecule has 1 N–H and O–H groups in total. The molecule has 0 radical (unpaired) electrons. The molecule has 0 spiro atoms. The number of rotatable bonds is 7. The molecule has 0 atom stereocenters. The van der Waals surface area contributed by atoms with Crippen molar-refractivity contribution in [3.8, 4) is 0 Å². The number of hydrogen-bond donors (Lipinski definition) is 1. The van der Waals surface area contributed by atoms with Crippen molar-refractivity contribution < 1.29 is 9.31 Å². The summed E-state index contributed by atoms with van der Waals surface area (Å²) in [6, 6.07) is 9.86. The van der Waals surface area contributed by atoms with E-state index in [0.29, 0.717) is 18.1 Å². The van der Waals surface area contributed by atoms with Crippen LogP contribution in [0.1, 0.15) is 6.42 Å². The van der Waals surface area contributed by atoms with Crippen molar-refractivity contribution in [3.63, 3.8) is 0 Å². The number of nitrogens with one attached hydrogen (secondary N) is 1. The Labute approximate surface area is 151 Å². The summed E-state index contributed by atoms with van der Waals surface area (Å²) in [6.07, 6.45) is 2.39. The molecule has 1 aliphatic rings. The zero-order valence-corrected chi connectivity index (χ0v) is 14.5. The zero-order valence-electron chi connectivity index (χ0n) is 14.5. The maximum Gasteiger partial charge on any atom is 0.311 e.